The number of hydrogen-bond donors (Lipinski definition) is 1. The molecule has 0 saturated heterocycles. The third-order valence-corrected chi connectivity index (χ3v) is 2.58. The number of carbonyl (C=O) groups excluding carboxylic acids is 1. The van der Waals surface area contributed by atoms with E-state index >= 15 is 0 Å². The lowest BCUT2D eigenvalue weighted by atomic mass is 10.4. The number of pyridine rings is 1. The minimum absolute atomic E-state index is 0.0191. The van der Waals surface area contributed by atoms with Crippen molar-refractivity contribution in [1.82, 2.24) is 9.47 Å². The van der Waals surface area contributed by atoms with Crippen molar-refractivity contribution in [2.45, 2.75) is 6.54 Å². The van der Waals surface area contributed by atoms with Gasteiger partial charge in [0, 0.05) is 30.3 Å². The summed E-state index contributed by atoms with van der Waals surface area (Å²) in [6, 6.07) is 3.02. The summed E-state index contributed by atoms with van der Waals surface area (Å²) in [6.07, 6.45) is 1.56. The molecule has 16 heavy (non-hydrogen) atoms. The predicted molar refractivity (Wildman–Crippen MR) is 63.1 cm³/mol. The lowest BCUT2D eigenvalue weighted by Crippen LogP contribution is -2.35. The first-order chi connectivity index (χ1) is 7.54. The maximum absolute atomic E-state index is 11.6. The number of likely N-dealkylation sites (N-methyl/N-ethyl adjacent to an activating group) is 1. The third-order valence-electron chi connectivity index (χ3n) is 2.11. The molecule has 0 aliphatic carbocycles. The summed E-state index contributed by atoms with van der Waals surface area (Å²) in [7, 11) is 1.58. The number of rotatable bonds is 4. The number of aromatic nitrogens is 1. The molecule has 0 unspecified atom stereocenters. The van der Waals surface area contributed by atoms with Gasteiger partial charge in [-0.1, -0.05) is 0 Å². The molecule has 1 rings (SSSR count). The molecule has 1 aromatic heterocycles. The SMILES string of the molecule is CN(CCO)C(=O)Cn1cc(Br)ccc1=O. The normalized spacial score (nSPS) is 10.2. The average Bonchev–Trinajstić information content (AvgIpc) is 2.23. The fraction of sp³-hybridized carbons (Fsp3) is 0.400. The highest BCUT2D eigenvalue weighted by atomic mass is 79.9. The highest BCUT2D eigenvalue weighted by molar-refractivity contribution is 9.10. The monoisotopic (exact) mass is 288 g/mol. The van der Waals surface area contributed by atoms with Gasteiger partial charge in [-0.3, -0.25) is 9.59 Å². The standard InChI is InChI=1S/C10H13BrN2O3/c1-12(4-5-14)10(16)7-13-6-8(11)2-3-9(13)15/h2-3,6,14H,4-5,7H2,1H3. The van der Waals surface area contributed by atoms with Crippen molar-refractivity contribution in [2.24, 2.45) is 0 Å². The molecule has 0 atom stereocenters. The maximum atomic E-state index is 11.6. The van der Waals surface area contributed by atoms with Crippen LogP contribution >= 0.6 is 15.9 Å². The molecule has 0 spiro atoms. The van der Waals surface area contributed by atoms with Crippen molar-refractivity contribution in [3.63, 3.8) is 0 Å². The Morgan fingerprint density at radius 1 is 1.56 bits per heavy atom. The molecular formula is C10H13BrN2O3. The van der Waals surface area contributed by atoms with E-state index in [0.29, 0.717) is 0 Å². The fourth-order valence-corrected chi connectivity index (χ4v) is 1.55. The number of carbonyl (C=O) groups is 1. The minimum Gasteiger partial charge on any atom is -0.395 e. The number of hydrogen-bond acceptors (Lipinski definition) is 3. The Hall–Kier alpha value is -1.14. The average molecular weight is 289 g/mol. The second-order valence-electron chi connectivity index (χ2n) is 3.35. The lowest BCUT2D eigenvalue weighted by Gasteiger charge is -2.16. The molecule has 0 bridgehead atoms. The maximum Gasteiger partial charge on any atom is 0.251 e. The van der Waals surface area contributed by atoms with Crippen LogP contribution < -0.4 is 5.56 Å². The van der Waals surface area contributed by atoms with Crippen LogP contribution in [0.3, 0.4) is 0 Å². The first-order valence-corrected chi connectivity index (χ1v) is 5.54. The first-order valence-electron chi connectivity index (χ1n) is 4.75. The Kier molecular flexibility index (Phi) is 4.70. The molecule has 1 N–H and O–H groups in total. The Morgan fingerprint density at radius 2 is 2.25 bits per heavy atom. The van der Waals surface area contributed by atoms with Crippen LogP contribution in [0, 0.1) is 0 Å². The number of aliphatic hydroxyl groups is 1. The van der Waals surface area contributed by atoms with Crippen LogP contribution in [0.2, 0.25) is 0 Å². The second-order valence-corrected chi connectivity index (χ2v) is 4.27. The highest BCUT2D eigenvalue weighted by Gasteiger charge is 2.09. The number of halogens is 1. The molecule has 1 aromatic rings. The van der Waals surface area contributed by atoms with Crippen molar-refractivity contribution < 1.29 is 9.90 Å². The molecule has 6 heteroatoms. The molecule has 0 aromatic carbocycles. The van der Waals surface area contributed by atoms with Gasteiger partial charge in [-0.2, -0.15) is 0 Å². The zero-order chi connectivity index (χ0) is 12.1. The Balaban J connectivity index is 2.76. The molecule has 0 radical (unpaired) electrons. The van der Waals surface area contributed by atoms with E-state index in [-0.39, 0.29) is 31.2 Å². The summed E-state index contributed by atoms with van der Waals surface area (Å²) >= 11 is 3.23. The van der Waals surface area contributed by atoms with Gasteiger partial charge in [-0.05, 0) is 22.0 Å². The Labute approximate surface area is 101 Å². The summed E-state index contributed by atoms with van der Waals surface area (Å²) in [6.45, 7) is 0.159. The van der Waals surface area contributed by atoms with Crippen LogP contribution in [0.15, 0.2) is 27.6 Å². The zero-order valence-corrected chi connectivity index (χ0v) is 10.5. The van der Waals surface area contributed by atoms with Crippen LogP contribution in [0.5, 0.6) is 0 Å². The lowest BCUT2D eigenvalue weighted by molar-refractivity contribution is -0.131. The summed E-state index contributed by atoms with van der Waals surface area (Å²) in [5.74, 6) is -0.214. The van der Waals surface area contributed by atoms with Gasteiger partial charge < -0.3 is 14.6 Å². The minimum atomic E-state index is -0.228. The van der Waals surface area contributed by atoms with E-state index in [0.717, 1.165) is 4.47 Å². The van der Waals surface area contributed by atoms with Gasteiger partial charge >= 0.3 is 0 Å². The van der Waals surface area contributed by atoms with Crippen LogP contribution in [0.25, 0.3) is 0 Å². The fourth-order valence-electron chi connectivity index (χ4n) is 1.17. The molecular weight excluding hydrogens is 276 g/mol. The van der Waals surface area contributed by atoms with Gasteiger partial charge in [-0.15, -0.1) is 0 Å². The Morgan fingerprint density at radius 3 is 2.88 bits per heavy atom. The van der Waals surface area contributed by atoms with Gasteiger partial charge in [0.1, 0.15) is 6.54 Å². The topological polar surface area (TPSA) is 62.5 Å². The van der Waals surface area contributed by atoms with Crippen LogP contribution in [-0.2, 0) is 11.3 Å². The molecule has 5 nitrogen and oxygen atoms in total. The summed E-state index contributed by atoms with van der Waals surface area (Å²) in [4.78, 5) is 24.4. The second kappa shape index (κ2) is 5.81. The molecule has 0 aliphatic rings. The van der Waals surface area contributed by atoms with Crippen molar-refractivity contribution in [3.8, 4) is 0 Å². The highest BCUT2D eigenvalue weighted by Crippen LogP contribution is 2.04. The van der Waals surface area contributed by atoms with Crippen LogP contribution in [-0.4, -0.2) is 40.7 Å². The van der Waals surface area contributed by atoms with Gasteiger partial charge in [0.25, 0.3) is 5.56 Å². The van der Waals surface area contributed by atoms with E-state index in [4.69, 9.17) is 5.11 Å². The molecule has 0 fully saturated rings. The Bertz CT molecular complexity index is 430. The summed E-state index contributed by atoms with van der Waals surface area (Å²) in [5, 5.41) is 8.68. The first kappa shape index (κ1) is 12.9. The van der Waals surface area contributed by atoms with Crippen LogP contribution in [0.4, 0.5) is 0 Å². The molecule has 88 valence electrons. The van der Waals surface area contributed by atoms with Gasteiger partial charge in [-0.25, -0.2) is 0 Å². The quantitative estimate of drug-likeness (QED) is 0.852. The van der Waals surface area contributed by atoms with E-state index in [2.05, 4.69) is 15.9 Å². The number of aliphatic hydroxyl groups excluding tert-OH is 1. The predicted octanol–water partition coefficient (Wildman–Crippen LogP) is 0.0615. The molecule has 1 amide bonds. The number of nitrogens with zero attached hydrogens (tertiary/aromatic N) is 2. The van der Waals surface area contributed by atoms with Crippen molar-refractivity contribution >= 4 is 21.8 Å². The number of amides is 1. The molecule has 0 aliphatic heterocycles. The van der Waals surface area contributed by atoms with Crippen molar-refractivity contribution in [2.75, 3.05) is 20.2 Å². The van der Waals surface area contributed by atoms with E-state index < -0.39 is 0 Å². The zero-order valence-electron chi connectivity index (χ0n) is 8.89. The largest absolute Gasteiger partial charge is 0.395 e. The third kappa shape index (κ3) is 3.46. The van der Waals surface area contributed by atoms with Gasteiger partial charge in [0.05, 0.1) is 6.61 Å². The van der Waals surface area contributed by atoms with E-state index in [1.165, 1.54) is 15.5 Å². The summed E-state index contributed by atoms with van der Waals surface area (Å²) in [5.41, 5.74) is -0.228. The van der Waals surface area contributed by atoms with Crippen molar-refractivity contribution in [3.05, 3.63) is 33.2 Å². The van der Waals surface area contributed by atoms with E-state index in [1.54, 1.807) is 19.3 Å². The van der Waals surface area contributed by atoms with Gasteiger partial charge in [0.15, 0.2) is 0 Å². The smallest absolute Gasteiger partial charge is 0.251 e. The summed E-state index contributed by atoms with van der Waals surface area (Å²) < 4.78 is 2.06. The van der Waals surface area contributed by atoms with Crippen LogP contribution in [0.1, 0.15) is 0 Å². The van der Waals surface area contributed by atoms with Crippen molar-refractivity contribution in [1.29, 1.82) is 0 Å². The van der Waals surface area contributed by atoms with Gasteiger partial charge in [0.2, 0.25) is 5.91 Å². The van der Waals surface area contributed by atoms with E-state index in [1.807, 2.05) is 0 Å². The molecule has 1 heterocycles. The van der Waals surface area contributed by atoms with E-state index in [9.17, 15) is 9.59 Å². The molecule has 0 saturated carbocycles.